The molecular weight excluding hydrogens is 348 g/mol. The van der Waals surface area contributed by atoms with Crippen LogP contribution in [-0.4, -0.2) is 39.4 Å². The van der Waals surface area contributed by atoms with Crippen LogP contribution in [0.15, 0.2) is 24.4 Å². The highest BCUT2D eigenvalue weighted by atomic mass is 16.5. The van der Waals surface area contributed by atoms with Gasteiger partial charge in [-0.3, -0.25) is 4.79 Å². The van der Waals surface area contributed by atoms with Crippen molar-refractivity contribution in [2.45, 2.75) is 27.2 Å². The molecule has 2 aromatic heterocycles. The van der Waals surface area contributed by atoms with E-state index in [0.717, 1.165) is 16.5 Å². The summed E-state index contributed by atoms with van der Waals surface area (Å²) in [6.07, 6.45) is 2.12. The Labute approximate surface area is 155 Å². The molecule has 0 atom stereocenters. The van der Waals surface area contributed by atoms with Crippen LogP contribution in [0.25, 0.3) is 10.9 Å². The van der Waals surface area contributed by atoms with E-state index < -0.39 is 11.9 Å². The minimum atomic E-state index is -1.01. The molecule has 0 aliphatic heterocycles. The maximum Gasteiger partial charge on any atom is 0.355 e. The van der Waals surface area contributed by atoms with Crippen molar-refractivity contribution in [2.75, 3.05) is 6.61 Å². The molecule has 3 N–H and O–H groups in total. The van der Waals surface area contributed by atoms with Gasteiger partial charge in [0.1, 0.15) is 5.69 Å². The number of H-pyrrole nitrogens is 2. The molecule has 0 radical (unpaired) electrons. The molecule has 0 aliphatic rings. The first kappa shape index (κ1) is 18.4. The summed E-state index contributed by atoms with van der Waals surface area (Å²) < 4.78 is 5.05. The van der Waals surface area contributed by atoms with E-state index in [0.29, 0.717) is 23.2 Å². The van der Waals surface area contributed by atoms with E-state index in [4.69, 9.17) is 4.74 Å². The number of nitrogens with one attached hydrogen (secondary N) is 2. The van der Waals surface area contributed by atoms with Gasteiger partial charge in [0.15, 0.2) is 5.78 Å². The lowest BCUT2D eigenvalue weighted by Gasteiger charge is -2.03. The highest BCUT2D eigenvalue weighted by Crippen LogP contribution is 2.26. The molecule has 0 saturated heterocycles. The minimum absolute atomic E-state index is 0.152. The second-order valence-corrected chi connectivity index (χ2v) is 6.31. The molecule has 3 aromatic rings. The van der Waals surface area contributed by atoms with Crippen molar-refractivity contribution < 1.29 is 24.2 Å². The number of carboxylic acids is 1. The smallest absolute Gasteiger partial charge is 0.355 e. The lowest BCUT2D eigenvalue weighted by atomic mass is 10.0. The van der Waals surface area contributed by atoms with Crippen LogP contribution in [0.1, 0.15) is 61.9 Å². The van der Waals surface area contributed by atoms with Gasteiger partial charge < -0.3 is 19.8 Å². The fourth-order valence-corrected chi connectivity index (χ4v) is 3.32. The molecular formula is C20H20N2O5. The molecule has 3 rings (SSSR count). The van der Waals surface area contributed by atoms with E-state index in [2.05, 4.69) is 9.97 Å². The van der Waals surface area contributed by atoms with Gasteiger partial charge in [0, 0.05) is 34.8 Å². The number of esters is 1. The number of aromatic amines is 2. The van der Waals surface area contributed by atoms with Crippen LogP contribution in [0.2, 0.25) is 0 Å². The average Bonchev–Trinajstić information content (AvgIpc) is 3.16. The van der Waals surface area contributed by atoms with Crippen molar-refractivity contribution in [3.8, 4) is 0 Å². The van der Waals surface area contributed by atoms with Crippen LogP contribution >= 0.6 is 0 Å². The van der Waals surface area contributed by atoms with Crippen molar-refractivity contribution in [1.29, 1.82) is 0 Å². The third-order valence-electron chi connectivity index (χ3n) is 4.54. The highest BCUT2D eigenvalue weighted by Gasteiger charge is 2.23. The Hall–Kier alpha value is -3.35. The molecule has 0 bridgehead atoms. The number of ether oxygens (including phenoxy) is 1. The third-order valence-corrected chi connectivity index (χ3v) is 4.54. The fourth-order valence-electron chi connectivity index (χ4n) is 3.32. The van der Waals surface area contributed by atoms with Crippen molar-refractivity contribution in [1.82, 2.24) is 9.97 Å². The maximum atomic E-state index is 12.2. The summed E-state index contributed by atoms with van der Waals surface area (Å²) in [7, 11) is 0. The standard InChI is InChI=1S/C20H20N2O5/c1-4-27-20(26)18-10(2)17(11(3)23)16(22-18)8-13-9-21-15-6-5-12(19(24)25)7-14(13)15/h5-7,9,21-22H,4,8H2,1-3H3,(H,24,25). The predicted molar refractivity (Wildman–Crippen MR) is 99.6 cm³/mol. The van der Waals surface area contributed by atoms with E-state index in [-0.39, 0.29) is 23.6 Å². The number of carboxylic acid groups (broad SMARTS) is 1. The summed E-state index contributed by atoms with van der Waals surface area (Å²) in [5.41, 5.74) is 3.70. The Bertz CT molecular complexity index is 1060. The number of fused-ring (bicyclic) bond motifs is 1. The number of benzene rings is 1. The van der Waals surface area contributed by atoms with Crippen LogP contribution in [0.3, 0.4) is 0 Å². The second-order valence-electron chi connectivity index (χ2n) is 6.31. The first-order valence-electron chi connectivity index (χ1n) is 8.56. The zero-order valence-electron chi connectivity index (χ0n) is 15.3. The van der Waals surface area contributed by atoms with Gasteiger partial charge in [-0.2, -0.15) is 0 Å². The largest absolute Gasteiger partial charge is 0.478 e. The van der Waals surface area contributed by atoms with Crippen molar-refractivity contribution in [2.24, 2.45) is 0 Å². The molecule has 2 heterocycles. The van der Waals surface area contributed by atoms with Gasteiger partial charge in [0.05, 0.1) is 12.2 Å². The Morgan fingerprint density at radius 2 is 1.96 bits per heavy atom. The first-order chi connectivity index (χ1) is 12.8. The SMILES string of the molecule is CCOC(=O)c1[nH]c(Cc2c[nH]c3ccc(C(=O)O)cc23)c(C(C)=O)c1C. The number of ketones is 1. The van der Waals surface area contributed by atoms with E-state index in [9.17, 15) is 19.5 Å². The van der Waals surface area contributed by atoms with Gasteiger partial charge in [0.25, 0.3) is 0 Å². The van der Waals surface area contributed by atoms with E-state index >= 15 is 0 Å². The Morgan fingerprint density at radius 1 is 1.22 bits per heavy atom. The Balaban J connectivity index is 2.07. The summed E-state index contributed by atoms with van der Waals surface area (Å²) in [5, 5.41) is 9.98. The summed E-state index contributed by atoms with van der Waals surface area (Å²) in [5.74, 6) is -1.66. The number of Topliss-reactive ketones (excluding diaryl/α,β-unsaturated/α-hetero) is 1. The monoisotopic (exact) mass is 368 g/mol. The Morgan fingerprint density at radius 3 is 2.59 bits per heavy atom. The fraction of sp³-hybridized carbons (Fsp3) is 0.250. The molecule has 0 unspecified atom stereocenters. The lowest BCUT2D eigenvalue weighted by molar-refractivity contribution is 0.0518. The topological polar surface area (TPSA) is 112 Å². The number of aromatic carboxylic acids is 1. The van der Waals surface area contributed by atoms with Crippen molar-refractivity contribution >= 4 is 28.6 Å². The number of hydrogen-bond donors (Lipinski definition) is 3. The first-order valence-corrected chi connectivity index (χ1v) is 8.56. The molecule has 7 nitrogen and oxygen atoms in total. The quantitative estimate of drug-likeness (QED) is 0.455. The van der Waals surface area contributed by atoms with Crippen molar-refractivity contribution in [3.05, 3.63) is 58.0 Å². The average molecular weight is 368 g/mol. The Kier molecular flexibility index (Phi) is 4.85. The zero-order valence-corrected chi connectivity index (χ0v) is 15.3. The molecule has 0 aliphatic carbocycles. The molecule has 0 spiro atoms. The molecule has 0 saturated carbocycles. The predicted octanol–water partition coefficient (Wildman–Crippen LogP) is 3.47. The van der Waals surface area contributed by atoms with Gasteiger partial charge in [-0.05, 0) is 50.1 Å². The van der Waals surface area contributed by atoms with Gasteiger partial charge >= 0.3 is 11.9 Å². The maximum absolute atomic E-state index is 12.2. The number of aromatic nitrogens is 2. The molecule has 27 heavy (non-hydrogen) atoms. The molecule has 140 valence electrons. The number of carbonyl (C=O) groups is 3. The third kappa shape index (κ3) is 3.36. The molecule has 0 fully saturated rings. The summed E-state index contributed by atoms with van der Waals surface area (Å²) >= 11 is 0. The van der Waals surface area contributed by atoms with Crippen LogP contribution in [0.4, 0.5) is 0 Å². The lowest BCUT2D eigenvalue weighted by Crippen LogP contribution is -2.07. The van der Waals surface area contributed by atoms with Gasteiger partial charge in [-0.1, -0.05) is 0 Å². The van der Waals surface area contributed by atoms with Crippen LogP contribution in [0.5, 0.6) is 0 Å². The number of rotatable bonds is 6. The zero-order chi connectivity index (χ0) is 19.7. The summed E-state index contributed by atoms with van der Waals surface area (Å²) in [6.45, 7) is 5.12. The van der Waals surface area contributed by atoms with Crippen LogP contribution in [0, 0.1) is 6.92 Å². The minimum Gasteiger partial charge on any atom is -0.478 e. The summed E-state index contributed by atoms with van der Waals surface area (Å²) in [4.78, 5) is 41.7. The van der Waals surface area contributed by atoms with E-state index in [1.54, 1.807) is 32.2 Å². The van der Waals surface area contributed by atoms with Crippen molar-refractivity contribution in [3.63, 3.8) is 0 Å². The number of carbonyl (C=O) groups excluding carboxylic acids is 2. The molecule has 7 heteroatoms. The van der Waals surface area contributed by atoms with E-state index in [1.807, 2.05) is 0 Å². The van der Waals surface area contributed by atoms with Crippen LogP contribution in [-0.2, 0) is 11.2 Å². The highest BCUT2D eigenvalue weighted by molar-refractivity contribution is 6.01. The van der Waals surface area contributed by atoms with Gasteiger partial charge in [-0.15, -0.1) is 0 Å². The normalized spacial score (nSPS) is 10.9. The molecule has 1 aromatic carbocycles. The summed E-state index contributed by atoms with van der Waals surface area (Å²) in [6, 6.07) is 4.83. The van der Waals surface area contributed by atoms with Gasteiger partial charge in [0.2, 0.25) is 0 Å². The number of hydrogen-bond acceptors (Lipinski definition) is 4. The van der Waals surface area contributed by atoms with Crippen LogP contribution < -0.4 is 0 Å². The van der Waals surface area contributed by atoms with E-state index in [1.165, 1.54) is 13.0 Å². The second kappa shape index (κ2) is 7.11. The molecule has 0 amide bonds. The van der Waals surface area contributed by atoms with Gasteiger partial charge in [-0.25, -0.2) is 9.59 Å².